The molecule has 4 rings (SSSR count). The van der Waals surface area contributed by atoms with Crippen molar-refractivity contribution in [1.82, 2.24) is 19.8 Å². The monoisotopic (exact) mass is 370 g/mol. The number of amides is 2. The fraction of sp³-hybridized carbons (Fsp3) is 0.550. The molecule has 0 radical (unpaired) electrons. The number of aromatic amines is 1. The van der Waals surface area contributed by atoms with Crippen molar-refractivity contribution >= 4 is 11.8 Å². The highest BCUT2D eigenvalue weighted by molar-refractivity contribution is 5.95. The number of nitrogens with zero attached hydrogens (tertiary/aromatic N) is 3. The Morgan fingerprint density at radius 2 is 2.00 bits per heavy atom. The third-order valence-electron chi connectivity index (χ3n) is 6.01. The Morgan fingerprint density at radius 3 is 2.63 bits per heavy atom. The summed E-state index contributed by atoms with van der Waals surface area (Å²) in [4.78, 5) is 37.3. The standard InChI is InChI=1S/C20H26N4O3/c1-4-17(25)24-8-5-16-18(22-12-21-16)20(24)6-9-23(10-7-20)19(26)15-11-13(2)27-14(15)3/h11-12H,4-10H2,1-3H3,(H,21,22). The highest BCUT2D eigenvalue weighted by atomic mass is 16.3. The van der Waals surface area contributed by atoms with Gasteiger partial charge in [0.25, 0.3) is 5.91 Å². The predicted octanol–water partition coefficient (Wildman–Crippen LogP) is 2.55. The van der Waals surface area contributed by atoms with E-state index in [9.17, 15) is 9.59 Å². The molecule has 0 aromatic carbocycles. The minimum Gasteiger partial charge on any atom is -0.466 e. The lowest BCUT2D eigenvalue weighted by atomic mass is 9.78. The summed E-state index contributed by atoms with van der Waals surface area (Å²) < 4.78 is 5.52. The normalized spacial score (nSPS) is 18.6. The van der Waals surface area contributed by atoms with Gasteiger partial charge in [0.2, 0.25) is 5.91 Å². The van der Waals surface area contributed by atoms with Gasteiger partial charge in [-0.2, -0.15) is 0 Å². The van der Waals surface area contributed by atoms with Crippen molar-refractivity contribution in [2.24, 2.45) is 0 Å². The van der Waals surface area contributed by atoms with Gasteiger partial charge in [-0.15, -0.1) is 0 Å². The van der Waals surface area contributed by atoms with Gasteiger partial charge in [-0.1, -0.05) is 6.92 Å². The molecular weight excluding hydrogens is 344 g/mol. The molecule has 1 saturated heterocycles. The van der Waals surface area contributed by atoms with E-state index in [1.807, 2.05) is 30.6 Å². The number of likely N-dealkylation sites (tertiary alicyclic amines) is 1. The molecule has 2 amide bonds. The molecule has 1 N–H and O–H groups in total. The van der Waals surface area contributed by atoms with Crippen molar-refractivity contribution in [2.45, 2.75) is 52.0 Å². The largest absolute Gasteiger partial charge is 0.466 e. The average molecular weight is 370 g/mol. The number of carbonyl (C=O) groups excluding carboxylic acids is 2. The maximum Gasteiger partial charge on any atom is 0.257 e. The van der Waals surface area contributed by atoms with Crippen LogP contribution in [0.15, 0.2) is 16.8 Å². The second-order valence-corrected chi connectivity index (χ2v) is 7.53. The fourth-order valence-corrected chi connectivity index (χ4v) is 4.63. The van der Waals surface area contributed by atoms with Gasteiger partial charge >= 0.3 is 0 Å². The van der Waals surface area contributed by atoms with Gasteiger partial charge in [0.1, 0.15) is 11.5 Å². The van der Waals surface area contributed by atoms with Gasteiger partial charge in [0, 0.05) is 38.2 Å². The van der Waals surface area contributed by atoms with Gasteiger partial charge < -0.3 is 19.2 Å². The molecule has 7 nitrogen and oxygen atoms in total. The Kier molecular flexibility index (Phi) is 4.32. The summed E-state index contributed by atoms with van der Waals surface area (Å²) in [7, 11) is 0. The van der Waals surface area contributed by atoms with Gasteiger partial charge in [-0.25, -0.2) is 4.98 Å². The molecule has 0 aliphatic carbocycles. The Morgan fingerprint density at radius 1 is 1.26 bits per heavy atom. The zero-order valence-electron chi connectivity index (χ0n) is 16.2. The number of fused-ring (bicyclic) bond motifs is 2. The summed E-state index contributed by atoms with van der Waals surface area (Å²) in [6.45, 7) is 7.48. The van der Waals surface area contributed by atoms with E-state index >= 15 is 0 Å². The SMILES string of the molecule is CCC(=O)N1CCc2[nH]cnc2C12CCN(C(=O)c1cc(C)oc1C)CC2. The summed E-state index contributed by atoms with van der Waals surface area (Å²) in [6, 6.07) is 1.81. The first kappa shape index (κ1) is 17.8. The molecule has 0 unspecified atom stereocenters. The van der Waals surface area contributed by atoms with Crippen molar-refractivity contribution in [3.05, 3.63) is 40.9 Å². The van der Waals surface area contributed by atoms with E-state index in [4.69, 9.17) is 4.42 Å². The minimum atomic E-state index is -0.404. The second kappa shape index (κ2) is 6.55. The van der Waals surface area contributed by atoms with Crippen molar-refractivity contribution in [3.63, 3.8) is 0 Å². The van der Waals surface area contributed by atoms with Gasteiger partial charge in [-0.05, 0) is 32.8 Å². The van der Waals surface area contributed by atoms with Crippen LogP contribution >= 0.6 is 0 Å². The highest BCUT2D eigenvalue weighted by Crippen LogP contribution is 2.42. The lowest BCUT2D eigenvalue weighted by molar-refractivity contribution is -0.141. The number of aryl methyl sites for hydroxylation is 2. The molecule has 2 aromatic rings. The Labute approximate surface area is 158 Å². The molecular formula is C20H26N4O3. The number of carbonyl (C=O) groups is 2. The van der Waals surface area contributed by atoms with E-state index in [1.54, 1.807) is 12.4 Å². The molecule has 2 aliphatic rings. The molecule has 0 atom stereocenters. The topological polar surface area (TPSA) is 82.4 Å². The van der Waals surface area contributed by atoms with Crippen LogP contribution in [0.2, 0.25) is 0 Å². The van der Waals surface area contributed by atoms with E-state index in [2.05, 4.69) is 9.97 Å². The smallest absolute Gasteiger partial charge is 0.257 e. The van der Waals surface area contributed by atoms with Gasteiger partial charge in [0.05, 0.1) is 23.1 Å². The van der Waals surface area contributed by atoms with Crippen LogP contribution in [0.5, 0.6) is 0 Å². The first-order valence-electron chi connectivity index (χ1n) is 9.66. The molecule has 4 heterocycles. The fourth-order valence-electron chi connectivity index (χ4n) is 4.63. The van der Waals surface area contributed by atoms with Crippen LogP contribution in [0.3, 0.4) is 0 Å². The summed E-state index contributed by atoms with van der Waals surface area (Å²) in [5.74, 6) is 1.57. The van der Waals surface area contributed by atoms with E-state index in [1.165, 1.54) is 0 Å². The van der Waals surface area contributed by atoms with Crippen LogP contribution in [0.25, 0.3) is 0 Å². The maximum atomic E-state index is 12.9. The lowest BCUT2D eigenvalue weighted by Crippen LogP contribution is -2.58. The van der Waals surface area contributed by atoms with E-state index < -0.39 is 5.54 Å². The van der Waals surface area contributed by atoms with Crippen LogP contribution < -0.4 is 0 Å². The molecule has 1 spiro atoms. The maximum absolute atomic E-state index is 12.9. The van der Waals surface area contributed by atoms with Crippen molar-refractivity contribution in [2.75, 3.05) is 19.6 Å². The number of aromatic nitrogens is 2. The molecule has 2 aromatic heterocycles. The Bertz CT molecular complexity index is 874. The number of hydrogen-bond donors (Lipinski definition) is 1. The molecule has 144 valence electrons. The number of imidazole rings is 1. The Balaban J connectivity index is 1.60. The number of furan rings is 1. The summed E-state index contributed by atoms with van der Waals surface area (Å²) in [5, 5.41) is 0. The Hall–Kier alpha value is -2.57. The summed E-state index contributed by atoms with van der Waals surface area (Å²) >= 11 is 0. The molecule has 2 aliphatic heterocycles. The third kappa shape index (κ3) is 2.76. The first-order chi connectivity index (χ1) is 13.0. The van der Waals surface area contributed by atoms with Crippen LogP contribution in [0.4, 0.5) is 0 Å². The number of piperidine rings is 1. The predicted molar refractivity (Wildman–Crippen MR) is 99.3 cm³/mol. The molecule has 7 heteroatoms. The summed E-state index contributed by atoms with van der Waals surface area (Å²) in [5.41, 5.74) is 2.34. The quantitative estimate of drug-likeness (QED) is 0.881. The van der Waals surface area contributed by atoms with Crippen LogP contribution in [0.1, 0.15) is 59.5 Å². The van der Waals surface area contributed by atoms with Crippen LogP contribution in [0, 0.1) is 13.8 Å². The first-order valence-corrected chi connectivity index (χ1v) is 9.66. The zero-order valence-corrected chi connectivity index (χ0v) is 16.2. The van der Waals surface area contributed by atoms with E-state index in [-0.39, 0.29) is 11.8 Å². The van der Waals surface area contributed by atoms with Crippen molar-refractivity contribution in [1.29, 1.82) is 0 Å². The number of hydrogen-bond acceptors (Lipinski definition) is 4. The van der Waals surface area contributed by atoms with Crippen molar-refractivity contribution < 1.29 is 14.0 Å². The molecule has 0 bridgehead atoms. The molecule has 1 fully saturated rings. The van der Waals surface area contributed by atoms with Crippen LogP contribution in [-0.4, -0.2) is 51.2 Å². The van der Waals surface area contributed by atoms with Gasteiger partial charge in [-0.3, -0.25) is 9.59 Å². The number of H-pyrrole nitrogens is 1. The second-order valence-electron chi connectivity index (χ2n) is 7.53. The highest BCUT2D eigenvalue weighted by Gasteiger charge is 2.48. The molecule has 27 heavy (non-hydrogen) atoms. The van der Waals surface area contributed by atoms with E-state index in [0.717, 1.165) is 23.6 Å². The van der Waals surface area contributed by atoms with E-state index in [0.29, 0.717) is 50.2 Å². The third-order valence-corrected chi connectivity index (χ3v) is 6.01. The van der Waals surface area contributed by atoms with Crippen LogP contribution in [-0.2, 0) is 16.8 Å². The number of rotatable bonds is 2. The minimum absolute atomic E-state index is 0.00521. The van der Waals surface area contributed by atoms with Gasteiger partial charge in [0.15, 0.2) is 0 Å². The molecule has 0 saturated carbocycles. The number of nitrogens with one attached hydrogen (secondary N) is 1. The van der Waals surface area contributed by atoms with Crippen molar-refractivity contribution in [3.8, 4) is 0 Å². The zero-order chi connectivity index (χ0) is 19.2. The average Bonchev–Trinajstić information content (AvgIpc) is 3.28. The lowest BCUT2D eigenvalue weighted by Gasteiger charge is -2.50. The summed E-state index contributed by atoms with van der Waals surface area (Å²) in [6.07, 6.45) is 4.43.